The van der Waals surface area contributed by atoms with E-state index in [1.807, 2.05) is 12.1 Å². The Morgan fingerprint density at radius 1 is 1.25 bits per heavy atom. The van der Waals surface area contributed by atoms with E-state index in [1.54, 1.807) is 6.07 Å². The summed E-state index contributed by atoms with van der Waals surface area (Å²) in [6, 6.07) is 5.63. The van der Waals surface area contributed by atoms with Crippen LogP contribution < -0.4 is 5.32 Å². The molecule has 16 heavy (non-hydrogen) atoms. The minimum atomic E-state index is -0.177. The highest BCUT2D eigenvalue weighted by molar-refractivity contribution is 6.42. The quantitative estimate of drug-likeness (QED) is 0.799. The average Bonchev–Trinajstić information content (AvgIpc) is 2.22. The summed E-state index contributed by atoms with van der Waals surface area (Å²) in [6.45, 7) is 5.11. The number of benzene rings is 1. The molecule has 1 rings (SSSR count). The van der Waals surface area contributed by atoms with E-state index < -0.39 is 0 Å². The lowest BCUT2D eigenvalue weighted by molar-refractivity contribution is 0.275. The van der Waals surface area contributed by atoms with Crippen molar-refractivity contribution in [2.24, 2.45) is 0 Å². The molecular weight excluding hydrogens is 245 g/mol. The normalized spacial score (nSPS) is 11.8. The Bertz CT molecular complexity index is 353. The van der Waals surface area contributed by atoms with E-state index in [4.69, 9.17) is 28.3 Å². The highest BCUT2D eigenvalue weighted by Crippen LogP contribution is 2.28. The topological polar surface area (TPSA) is 32.3 Å². The molecule has 0 bridgehead atoms. The molecule has 0 saturated heterocycles. The zero-order chi connectivity index (χ0) is 12.2. The van der Waals surface area contributed by atoms with Crippen molar-refractivity contribution >= 4 is 23.2 Å². The van der Waals surface area contributed by atoms with Crippen LogP contribution >= 0.6 is 23.2 Å². The number of hydrogen-bond acceptors (Lipinski definition) is 2. The molecule has 1 aromatic rings. The second kappa shape index (κ2) is 5.87. The van der Waals surface area contributed by atoms with Crippen molar-refractivity contribution < 1.29 is 5.11 Å². The van der Waals surface area contributed by atoms with E-state index in [1.165, 1.54) is 0 Å². The molecule has 0 aliphatic rings. The summed E-state index contributed by atoms with van der Waals surface area (Å²) in [7, 11) is 0. The van der Waals surface area contributed by atoms with Crippen LogP contribution in [0.4, 0.5) is 0 Å². The zero-order valence-electron chi connectivity index (χ0n) is 9.56. The summed E-state index contributed by atoms with van der Waals surface area (Å²) < 4.78 is 0. The molecule has 90 valence electrons. The lowest BCUT2D eigenvalue weighted by Gasteiger charge is -2.27. The van der Waals surface area contributed by atoms with Crippen LogP contribution in [-0.2, 0) is 5.54 Å². The van der Waals surface area contributed by atoms with Crippen molar-refractivity contribution in [3.8, 4) is 0 Å². The largest absolute Gasteiger partial charge is 0.396 e. The minimum Gasteiger partial charge on any atom is -0.396 e. The molecule has 0 saturated carbocycles. The third-order valence-electron chi connectivity index (χ3n) is 2.54. The van der Waals surface area contributed by atoms with E-state index in [2.05, 4.69) is 19.2 Å². The molecule has 0 aliphatic carbocycles. The molecule has 0 heterocycles. The molecule has 0 aromatic heterocycles. The maximum absolute atomic E-state index is 8.74. The van der Waals surface area contributed by atoms with Crippen molar-refractivity contribution in [1.29, 1.82) is 0 Å². The summed E-state index contributed by atoms with van der Waals surface area (Å²) in [5.74, 6) is 0. The van der Waals surface area contributed by atoms with Gasteiger partial charge in [-0.2, -0.15) is 0 Å². The van der Waals surface area contributed by atoms with Gasteiger partial charge in [0.1, 0.15) is 0 Å². The van der Waals surface area contributed by atoms with Gasteiger partial charge >= 0.3 is 0 Å². The molecule has 0 fully saturated rings. The average molecular weight is 262 g/mol. The summed E-state index contributed by atoms with van der Waals surface area (Å²) in [5, 5.41) is 13.2. The number of aliphatic hydroxyl groups excluding tert-OH is 1. The fraction of sp³-hybridized carbons (Fsp3) is 0.500. The third-order valence-corrected chi connectivity index (χ3v) is 3.28. The SMILES string of the molecule is CC(C)(NCCCO)c1ccc(Cl)c(Cl)c1. The first-order valence-corrected chi connectivity index (χ1v) is 6.04. The Balaban J connectivity index is 2.76. The molecule has 0 atom stereocenters. The van der Waals surface area contributed by atoms with Gasteiger partial charge in [-0.1, -0.05) is 29.3 Å². The molecule has 0 radical (unpaired) electrons. The van der Waals surface area contributed by atoms with Gasteiger partial charge in [0.2, 0.25) is 0 Å². The highest BCUT2D eigenvalue weighted by atomic mass is 35.5. The maximum atomic E-state index is 8.74. The van der Waals surface area contributed by atoms with Crippen LogP contribution in [-0.4, -0.2) is 18.3 Å². The second-order valence-corrected chi connectivity index (χ2v) is 5.07. The molecule has 1 aromatic carbocycles. The van der Waals surface area contributed by atoms with Crippen molar-refractivity contribution in [1.82, 2.24) is 5.32 Å². The third kappa shape index (κ3) is 3.63. The Morgan fingerprint density at radius 3 is 2.50 bits per heavy atom. The van der Waals surface area contributed by atoms with Gasteiger partial charge in [0.05, 0.1) is 10.0 Å². The van der Waals surface area contributed by atoms with Crippen LogP contribution in [0, 0.1) is 0 Å². The lowest BCUT2D eigenvalue weighted by atomic mass is 9.94. The van der Waals surface area contributed by atoms with Gasteiger partial charge in [-0.15, -0.1) is 0 Å². The Morgan fingerprint density at radius 2 is 1.94 bits per heavy atom. The Hall–Kier alpha value is -0.280. The molecular formula is C12H17Cl2NO. The zero-order valence-corrected chi connectivity index (χ0v) is 11.1. The molecule has 0 aliphatic heterocycles. The van der Waals surface area contributed by atoms with Crippen LogP contribution in [0.25, 0.3) is 0 Å². The number of rotatable bonds is 5. The number of halogens is 2. The van der Waals surface area contributed by atoms with Gasteiger partial charge in [0.25, 0.3) is 0 Å². The molecule has 4 heteroatoms. The predicted octanol–water partition coefficient (Wildman–Crippen LogP) is 3.20. The summed E-state index contributed by atoms with van der Waals surface area (Å²) in [6.07, 6.45) is 0.741. The monoisotopic (exact) mass is 261 g/mol. The lowest BCUT2D eigenvalue weighted by Crippen LogP contribution is -2.37. The second-order valence-electron chi connectivity index (χ2n) is 4.26. The van der Waals surface area contributed by atoms with Gasteiger partial charge in [0, 0.05) is 12.1 Å². The van der Waals surface area contributed by atoms with Crippen molar-refractivity contribution in [3.05, 3.63) is 33.8 Å². The summed E-state index contributed by atoms with van der Waals surface area (Å²) >= 11 is 11.9. The van der Waals surface area contributed by atoms with Gasteiger partial charge in [-0.3, -0.25) is 0 Å². The van der Waals surface area contributed by atoms with Crippen LogP contribution in [0.3, 0.4) is 0 Å². The van der Waals surface area contributed by atoms with Gasteiger partial charge in [-0.05, 0) is 44.5 Å². The number of aliphatic hydroxyl groups is 1. The van der Waals surface area contributed by atoms with Gasteiger partial charge < -0.3 is 10.4 Å². The molecule has 0 amide bonds. The fourth-order valence-electron chi connectivity index (χ4n) is 1.47. The van der Waals surface area contributed by atoms with E-state index in [9.17, 15) is 0 Å². The van der Waals surface area contributed by atoms with Crippen molar-refractivity contribution in [3.63, 3.8) is 0 Å². The van der Waals surface area contributed by atoms with E-state index in [-0.39, 0.29) is 12.1 Å². The van der Waals surface area contributed by atoms with Crippen molar-refractivity contribution in [2.75, 3.05) is 13.2 Å². The van der Waals surface area contributed by atoms with Crippen molar-refractivity contribution in [2.45, 2.75) is 25.8 Å². The first-order valence-electron chi connectivity index (χ1n) is 5.29. The molecule has 2 nitrogen and oxygen atoms in total. The maximum Gasteiger partial charge on any atom is 0.0595 e. The fourth-order valence-corrected chi connectivity index (χ4v) is 1.76. The summed E-state index contributed by atoms with van der Waals surface area (Å²) in [5.41, 5.74) is 0.906. The Labute approximate surface area is 107 Å². The number of nitrogens with one attached hydrogen (secondary N) is 1. The first kappa shape index (κ1) is 13.8. The van der Waals surface area contributed by atoms with Crippen LogP contribution in [0.1, 0.15) is 25.8 Å². The highest BCUT2D eigenvalue weighted by Gasteiger charge is 2.19. The van der Waals surface area contributed by atoms with E-state index in [0.29, 0.717) is 10.0 Å². The molecule has 0 spiro atoms. The predicted molar refractivity (Wildman–Crippen MR) is 69.2 cm³/mol. The van der Waals surface area contributed by atoms with E-state index >= 15 is 0 Å². The van der Waals surface area contributed by atoms with Gasteiger partial charge in [0.15, 0.2) is 0 Å². The first-order chi connectivity index (χ1) is 7.47. The minimum absolute atomic E-state index is 0.177. The number of hydrogen-bond donors (Lipinski definition) is 2. The summed E-state index contributed by atoms with van der Waals surface area (Å²) in [4.78, 5) is 0. The van der Waals surface area contributed by atoms with Gasteiger partial charge in [-0.25, -0.2) is 0 Å². The van der Waals surface area contributed by atoms with E-state index in [0.717, 1.165) is 18.5 Å². The van der Waals surface area contributed by atoms with Crippen LogP contribution in [0.5, 0.6) is 0 Å². The molecule has 0 unspecified atom stereocenters. The van der Waals surface area contributed by atoms with Crippen LogP contribution in [0.15, 0.2) is 18.2 Å². The standard InChI is InChI=1S/C12H17Cl2NO/c1-12(2,15-6-3-7-16)9-4-5-10(13)11(14)8-9/h4-5,8,15-16H,3,6-7H2,1-2H3. The molecule has 2 N–H and O–H groups in total. The van der Waals surface area contributed by atoms with Crippen LogP contribution in [0.2, 0.25) is 10.0 Å². The smallest absolute Gasteiger partial charge is 0.0595 e. The Kier molecular flexibility index (Phi) is 5.06.